The lowest BCUT2D eigenvalue weighted by atomic mass is 10.7. The SMILES string of the molecule is C=C=[N+]=CC(=O)OCC. The molecule has 0 saturated heterocycles. The number of esters is 1. The molecule has 0 aromatic carbocycles. The zero-order chi connectivity index (χ0) is 7.11. The molecule has 0 saturated carbocycles. The summed E-state index contributed by atoms with van der Waals surface area (Å²) in [4.78, 5) is 10.4. The quantitative estimate of drug-likeness (QED) is 0.285. The van der Waals surface area contributed by atoms with Gasteiger partial charge in [0.2, 0.25) is 0 Å². The van der Waals surface area contributed by atoms with Crippen molar-refractivity contribution >= 4 is 18.1 Å². The number of hydrogen-bond donors (Lipinski definition) is 0. The van der Waals surface area contributed by atoms with E-state index in [-0.39, 0.29) is 0 Å². The Balaban J connectivity index is 3.77. The van der Waals surface area contributed by atoms with E-state index in [9.17, 15) is 4.79 Å². The standard InChI is InChI=1S/C6H8NO2/c1-3-7-5-6(8)9-4-2/h5H,1,4H2,2H3/q+1. The first-order valence-corrected chi connectivity index (χ1v) is 2.53. The Labute approximate surface area is 53.4 Å². The molecule has 0 aromatic rings. The maximum absolute atomic E-state index is 10.4. The summed E-state index contributed by atoms with van der Waals surface area (Å²) in [5.74, 6) is 1.71. The number of carbonyl (C=O) groups excluding carboxylic acids is 1. The minimum atomic E-state index is -0.464. The summed E-state index contributed by atoms with van der Waals surface area (Å²) in [6, 6.07) is 0. The molecule has 0 N–H and O–H groups in total. The van der Waals surface area contributed by atoms with Crippen molar-refractivity contribution in [2.75, 3.05) is 6.61 Å². The first-order chi connectivity index (χ1) is 4.31. The molecule has 0 atom stereocenters. The second-order valence-corrected chi connectivity index (χ2v) is 1.17. The Hall–Kier alpha value is -1.30. The highest BCUT2D eigenvalue weighted by Gasteiger charge is 1.99. The summed E-state index contributed by atoms with van der Waals surface area (Å²) in [6.45, 7) is 5.25. The highest BCUT2D eigenvalue weighted by atomic mass is 16.5. The molecular formula is C6H8NO2+. The average molecular weight is 126 g/mol. The van der Waals surface area contributed by atoms with Gasteiger partial charge in [0, 0.05) is 6.58 Å². The van der Waals surface area contributed by atoms with E-state index in [4.69, 9.17) is 0 Å². The Bertz CT molecular complexity index is 173. The molecule has 3 nitrogen and oxygen atoms in total. The van der Waals surface area contributed by atoms with Gasteiger partial charge in [0.1, 0.15) is 0 Å². The van der Waals surface area contributed by atoms with E-state index in [1.54, 1.807) is 6.92 Å². The Morgan fingerprint density at radius 3 is 3.11 bits per heavy atom. The van der Waals surface area contributed by atoms with Crippen LogP contribution in [0.2, 0.25) is 0 Å². The number of hydrogen-bond acceptors (Lipinski definition) is 2. The van der Waals surface area contributed by atoms with Gasteiger partial charge in [-0.05, 0) is 11.6 Å². The highest BCUT2D eigenvalue weighted by molar-refractivity contribution is 6.22. The van der Waals surface area contributed by atoms with Crippen molar-refractivity contribution in [3.63, 3.8) is 0 Å². The van der Waals surface area contributed by atoms with Crippen molar-refractivity contribution in [3.05, 3.63) is 6.58 Å². The summed E-state index contributed by atoms with van der Waals surface area (Å²) in [7, 11) is 0. The zero-order valence-corrected chi connectivity index (χ0v) is 5.26. The number of nitrogens with zero attached hydrogens (tertiary/aromatic N) is 1. The van der Waals surface area contributed by atoms with Crippen LogP contribution in [0.1, 0.15) is 6.92 Å². The van der Waals surface area contributed by atoms with Crippen molar-refractivity contribution in [2.24, 2.45) is 0 Å². The van der Waals surface area contributed by atoms with Gasteiger partial charge in [-0.15, -0.1) is 0 Å². The Morgan fingerprint density at radius 2 is 2.67 bits per heavy atom. The molecule has 0 spiro atoms. The van der Waals surface area contributed by atoms with Gasteiger partial charge in [0.15, 0.2) is 0 Å². The van der Waals surface area contributed by atoms with Gasteiger partial charge in [-0.2, -0.15) is 0 Å². The molecular weight excluding hydrogens is 118 g/mol. The fourth-order valence-corrected chi connectivity index (χ4v) is 0.278. The molecule has 0 aliphatic rings. The molecule has 3 heteroatoms. The number of rotatable bonds is 2. The zero-order valence-electron chi connectivity index (χ0n) is 5.26. The van der Waals surface area contributed by atoms with Crippen molar-refractivity contribution < 1.29 is 9.53 Å². The van der Waals surface area contributed by atoms with E-state index in [1.807, 2.05) is 0 Å². The van der Waals surface area contributed by atoms with Crippen LogP contribution < -0.4 is 4.67 Å². The van der Waals surface area contributed by atoms with Crippen molar-refractivity contribution in [1.29, 1.82) is 0 Å². The molecule has 0 amide bonds. The van der Waals surface area contributed by atoms with Crippen LogP contribution in [0.3, 0.4) is 0 Å². The van der Waals surface area contributed by atoms with Crippen LogP contribution in [-0.2, 0) is 9.53 Å². The van der Waals surface area contributed by atoms with E-state index >= 15 is 0 Å². The Morgan fingerprint density at radius 1 is 2.00 bits per heavy atom. The molecule has 0 rings (SSSR count). The second-order valence-electron chi connectivity index (χ2n) is 1.17. The van der Waals surface area contributed by atoms with Crippen LogP contribution in [0.4, 0.5) is 0 Å². The predicted octanol–water partition coefficient (Wildman–Crippen LogP) is -0.457. The van der Waals surface area contributed by atoms with Gasteiger partial charge < -0.3 is 4.74 Å². The van der Waals surface area contributed by atoms with Gasteiger partial charge in [-0.25, -0.2) is 4.79 Å². The molecule has 48 valence electrons. The maximum Gasteiger partial charge on any atom is 0.415 e. The maximum atomic E-state index is 10.4. The van der Waals surface area contributed by atoms with E-state index in [0.29, 0.717) is 6.61 Å². The molecule has 0 aliphatic carbocycles. The van der Waals surface area contributed by atoms with Crippen LogP contribution >= 0.6 is 0 Å². The molecule has 0 fully saturated rings. The molecule has 0 aliphatic heterocycles. The highest BCUT2D eigenvalue weighted by Crippen LogP contribution is 1.68. The molecule has 0 radical (unpaired) electrons. The van der Waals surface area contributed by atoms with Crippen LogP contribution in [0.5, 0.6) is 0 Å². The van der Waals surface area contributed by atoms with Crippen LogP contribution in [0.25, 0.3) is 0 Å². The third-order valence-electron chi connectivity index (χ3n) is 0.548. The average Bonchev–Trinajstić information content (AvgIpc) is 1.85. The van der Waals surface area contributed by atoms with Crippen molar-refractivity contribution in [1.82, 2.24) is 4.67 Å². The summed E-state index contributed by atoms with van der Waals surface area (Å²) in [6.07, 6.45) is 1.02. The van der Waals surface area contributed by atoms with E-state index in [1.165, 1.54) is 0 Å². The van der Waals surface area contributed by atoms with Gasteiger partial charge >= 0.3 is 18.1 Å². The smallest absolute Gasteiger partial charge is 0.415 e. The van der Waals surface area contributed by atoms with E-state index < -0.39 is 5.97 Å². The first kappa shape index (κ1) is 7.70. The predicted molar refractivity (Wildman–Crippen MR) is 35.5 cm³/mol. The monoisotopic (exact) mass is 126 g/mol. The lowest BCUT2D eigenvalue weighted by Crippen LogP contribution is -2.05. The Kier molecular flexibility index (Phi) is 4.15. The van der Waals surface area contributed by atoms with Crippen LogP contribution in [0.15, 0.2) is 6.58 Å². The van der Waals surface area contributed by atoms with Crippen molar-refractivity contribution in [3.8, 4) is 0 Å². The fraction of sp³-hybridized carbons (Fsp3) is 0.333. The third kappa shape index (κ3) is 4.56. The van der Waals surface area contributed by atoms with Gasteiger partial charge in [0.05, 0.1) is 6.61 Å². The number of carbonyl (C=O) groups is 1. The second kappa shape index (κ2) is 4.85. The van der Waals surface area contributed by atoms with Crippen molar-refractivity contribution in [2.45, 2.75) is 6.92 Å². The van der Waals surface area contributed by atoms with Gasteiger partial charge in [0.25, 0.3) is 0 Å². The van der Waals surface area contributed by atoms with E-state index in [2.05, 4.69) is 21.9 Å². The molecule has 9 heavy (non-hydrogen) atoms. The number of ether oxygens (including phenoxy) is 1. The van der Waals surface area contributed by atoms with Gasteiger partial charge in [-0.3, -0.25) is 0 Å². The molecule has 0 bridgehead atoms. The van der Waals surface area contributed by atoms with E-state index in [0.717, 1.165) is 6.21 Å². The minimum Gasteiger partial charge on any atom is -0.458 e. The summed E-state index contributed by atoms with van der Waals surface area (Å²) < 4.78 is 7.82. The lowest BCUT2D eigenvalue weighted by molar-refractivity contribution is -0.134. The fourth-order valence-electron chi connectivity index (χ4n) is 0.278. The topological polar surface area (TPSA) is 40.4 Å². The lowest BCUT2D eigenvalue weighted by Gasteiger charge is -1.86. The molecule has 0 aromatic heterocycles. The van der Waals surface area contributed by atoms with Crippen LogP contribution in [0, 0.1) is 0 Å². The minimum absolute atomic E-state index is 0.363. The molecule has 0 unspecified atom stereocenters. The summed E-state index contributed by atoms with van der Waals surface area (Å²) in [5.41, 5.74) is 0. The van der Waals surface area contributed by atoms with Gasteiger partial charge in [-0.1, -0.05) is 0 Å². The molecule has 0 heterocycles. The largest absolute Gasteiger partial charge is 0.458 e. The first-order valence-electron chi connectivity index (χ1n) is 2.53. The normalized spacial score (nSPS) is 6.78. The van der Waals surface area contributed by atoms with Crippen LogP contribution in [-0.4, -0.2) is 24.7 Å². The summed E-state index contributed by atoms with van der Waals surface area (Å²) in [5, 5.41) is 0. The summed E-state index contributed by atoms with van der Waals surface area (Å²) >= 11 is 0. The third-order valence-corrected chi connectivity index (χ3v) is 0.548.